The van der Waals surface area contributed by atoms with Gasteiger partial charge in [-0.25, -0.2) is 4.98 Å². The summed E-state index contributed by atoms with van der Waals surface area (Å²) in [7, 11) is 0. The first-order valence-corrected chi connectivity index (χ1v) is 10.4. The van der Waals surface area contributed by atoms with E-state index in [9.17, 15) is 5.26 Å². The van der Waals surface area contributed by atoms with E-state index in [2.05, 4.69) is 71.4 Å². The lowest BCUT2D eigenvalue weighted by molar-refractivity contribution is 0.832. The molecular weight excluding hydrogens is 374 g/mol. The quantitative estimate of drug-likeness (QED) is 0.355. The monoisotopic (exact) mass is 395 g/mol. The van der Waals surface area contributed by atoms with E-state index in [0.717, 1.165) is 33.9 Å². The summed E-state index contributed by atoms with van der Waals surface area (Å²) in [4.78, 5) is 6.94. The van der Waals surface area contributed by atoms with Gasteiger partial charge in [0.25, 0.3) is 0 Å². The summed E-state index contributed by atoms with van der Waals surface area (Å²) in [5.74, 6) is 0. The standard InChI is InChI=1S/C25H21N3S/c1-2-28(18-20-8-4-3-5-9-20)22-14-12-19(13-15-22)16-21(17-26)25-27-23-10-6-7-11-24(23)29-25/h3-16H,2,18H2,1H3/b21-16-. The van der Waals surface area contributed by atoms with Crippen LogP contribution in [0, 0.1) is 11.3 Å². The molecule has 1 aromatic heterocycles. The van der Waals surface area contributed by atoms with E-state index in [1.165, 1.54) is 11.3 Å². The van der Waals surface area contributed by atoms with Crippen molar-refractivity contribution in [2.24, 2.45) is 0 Å². The Labute approximate surface area is 175 Å². The molecule has 0 bridgehead atoms. The third kappa shape index (κ3) is 4.37. The normalized spacial score (nSPS) is 11.4. The molecule has 0 aliphatic heterocycles. The Morgan fingerprint density at radius 1 is 1.00 bits per heavy atom. The van der Waals surface area contributed by atoms with Gasteiger partial charge in [0.15, 0.2) is 0 Å². The number of rotatable bonds is 6. The maximum absolute atomic E-state index is 9.65. The van der Waals surface area contributed by atoms with Crippen LogP contribution in [0.15, 0.2) is 78.9 Å². The Bertz CT molecular complexity index is 1140. The van der Waals surface area contributed by atoms with Crippen molar-refractivity contribution in [3.63, 3.8) is 0 Å². The van der Waals surface area contributed by atoms with Crippen molar-refractivity contribution in [2.45, 2.75) is 13.5 Å². The molecule has 0 fully saturated rings. The van der Waals surface area contributed by atoms with Crippen LogP contribution >= 0.6 is 11.3 Å². The number of para-hydroxylation sites is 1. The van der Waals surface area contributed by atoms with E-state index in [-0.39, 0.29) is 0 Å². The molecule has 0 spiro atoms. The number of thiazole rings is 1. The van der Waals surface area contributed by atoms with Gasteiger partial charge in [0.1, 0.15) is 11.1 Å². The fourth-order valence-electron chi connectivity index (χ4n) is 3.27. The molecule has 0 aliphatic rings. The highest BCUT2D eigenvalue weighted by molar-refractivity contribution is 7.19. The molecule has 3 aromatic carbocycles. The van der Waals surface area contributed by atoms with Crippen LogP contribution < -0.4 is 4.90 Å². The molecule has 142 valence electrons. The minimum Gasteiger partial charge on any atom is -0.367 e. The van der Waals surface area contributed by atoms with Crippen molar-refractivity contribution in [2.75, 3.05) is 11.4 Å². The second-order valence-electron chi connectivity index (χ2n) is 6.75. The average Bonchev–Trinajstić information content (AvgIpc) is 3.21. The zero-order valence-corrected chi connectivity index (χ0v) is 17.1. The Hall–Kier alpha value is -3.42. The zero-order chi connectivity index (χ0) is 20.1. The fraction of sp³-hybridized carbons (Fsp3) is 0.120. The van der Waals surface area contributed by atoms with Crippen LogP contribution in [0.1, 0.15) is 23.1 Å². The number of fused-ring (bicyclic) bond motifs is 1. The molecule has 0 atom stereocenters. The van der Waals surface area contributed by atoms with E-state index >= 15 is 0 Å². The second-order valence-corrected chi connectivity index (χ2v) is 7.78. The van der Waals surface area contributed by atoms with Gasteiger partial charge >= 0.3 is 0 Å². The van der Waals surface area contributed by atoms with E-state index < -0.39 is 0 Å². The minimum atomic E-state index is 0.593. The molecule has 4 aromatic rings. The number of allylic oxidation sites excluding steroid dienone is 1. The summed E-state index contributed by atoms with van der Waals surface area (Å²) < 4.78 is 1.10. The van der Waals surface area contributed by atoms with E-state index in [1.54, 1.807) is 11.3 Å². The summed E-state index contributed by atoms with van der Waals surface area (Å²) in [6, 6.07) is 29.1. The second kappa shape index (κ2) is 8.72. The number of nitrogens with zero attached hydrogens (tertiary/aromatic N) is 3. The number of hydrogen-bond donors (Lipinski definition) is 0. The van der Waals surface area contributed by atoms with Gasteiger partial charge in [-0.1, -0.05) is 54.6 Å². The van der Waals surface area contributed by atoms with Crippen LogP contribution in [0.25, 0.3) is 21.9 Å². The van der Waals surface area contributed by atoms with Crippen LogP contribution in [-0.2, 0) is 6.54 Å². The van der Waals surface area contributed by atoms with Gasteiger partial charge < -0.3 is 4.90 Å². The molecule has 0 saturated carbocycles. The molecule has 29 heavy (non-hydrogen) atoms. The molecule has 1 heterocycles. The molecular formula is C25H21N3S. The molecule has 0 N–H and O–H groups in total. The Morgan fingerprint density at radius 3 is 2.41 bits per heavy atom. The highest BCUT2D eigenvalue weighted by atomic mass is 32.1. The van der Waals surface area contributed by atoms with Crippen LogP contribution in [0.4, 0.5) is 5.69 Å². The lowest BCUT2D eigenvalue weighted by Crippen LogP contribution is -2.21. The SMILES string of the molecule is CCN(Cc1ccccc1)c1ccc(/C=C(/C#N)c2nc3ccccc3s2)cc1. The molecule has 0 aliphatic carbocycles. The number of nitriles is 1. The third-order valence-corrected chi connectivity index (χ3v) is 5.88. The number of aromatic nitrogens is 1. The van der Waals surface area contributed by atoms with Gasteiger partial charge in [0.05, 0.1) is 15.8 Å². The first-order valence-electron chi connectivity index (χ1n) is 9.63. The van der Waals surface area contributed by atoms with Crippen molar-refractivity contribution in [3.05, 3.63) is 95.0 Å². The molecule has 0 radical (unpaired) electrons. The highest BCUT2D eigenvalue weighted by Gasteiger charge is 2.09. The first-order chi connectivity index (χ1) is 14.3. The summed E-state index contributed by atoms with van der Waals surface area (Å²) in [5, 5.41) is 10.4. The smallest absolute Gasteiger partial charge is 0.135 e. The Kier molecular flexibility index (Phi) is 5.69. The van der Waals surface area contributed by atoms with Crippen molar-refractivity contribution in [1.82, 2.24) is 4.98 Å². The summed E-state index contributed by atoms with van der Waals surface area (Å²) >= 11 is 1.55. The van der Waals surface area contributed by atoms with Crippen molar-refractivity contribution >= 4 is 38.9 Å². The van der Waals surface area contributed by atoms with E-state index in [1.807, 2.05) is 36.4 Å². The predicted molar refractivity (Wildman–Crippen MR) is 123 cm³/mol. The fourth-order valence-corrected chi connectivity index (χ4v) is 4.20. The Balaban J connectivity index is 1.56. The first kappa shape index (κ1) is 18.9. The summed E-state index contributed by atoms with van der Waals surface area (Å²) in [5.41, 5.74) is 4.99. The average molecular weight is 396 g/mol. The minimum absolute atomic E-state index is 0.593. The number of anilines is 1. The third-order valence-electron chi connectivity index (χ3n) is 4.81. The maximum Gasteiger partial charge on any atom is 0.135 e. The molecule has 4 heteroatoms. The highest BCUT2D eigenvalue weighted by Crippen LogP contribution is 2.28. The lowest BCUT2D eigenvalue weighted by atomic mass is 10.1. The van der Waals surface area contributed by atoms with E-state index in [0.29, 0.717) is 5.57 Å². The van der Waals surface area contributed by atoms with Crippen LogP contribution in [0.3, 0.4) is 0 Å². The number of hydrogen-bond acceptors (Lipinski definition) is 4. The van der Waals surface area contributed by atoms with Gasteiger partial charge in [0.2, 0.25) is 0 Å². The van der Waals surface area contributed by atoms with Gasteiger partial charge in [0, 0.05) is 18.8 Å². The predicted octanol–water partition coefficient (Wildman–Crippen LogP) is 6.39. The van der Waals surface area contributed by atoms with Gasteiger partial charge in [-0.15, -0.1) is 11.3 Å². The maximum atomic E-state index is 9.65. The molecule has 4 rings (SSSR count). The zero-order valence-electron chi connectivity index (χ0n) is 16.2. The molecule has 0 saturated heterocycles. The largest absolute Gasteiger partial charge is 0.367 e. The summed E-state index contributed by atoms with van der Waals surface area (Å²) in [6.45, 7) is 3.97. The van der Waals surface area contributed by atoms with Crippen LogP contribution in [-0.4, -0.2) is 11.5 Å². The molecule has 0 unspecified atom stereocenters. The lowest BCUT2D eigenvalue weighted by Gasteiger charge is -2.23. The number of benzene rings is 3. The van der Waals surface area contributed by atoms with Gasteiger partial charge in [-0.05, 0) is 48.4 Å². The van der Waals surface area contributed by atoms with Crippen LogP contribution in [0.5, 0.6) is 0 Å². The summed E-state index contributed by atoms with van der Waals surface area (Å²) in [6.07, 6.45) is 1.91. The molecule has 3 nitrogen and oxygen atoms in total. The van der Waals surface area contributed by atoms with Crippen LogP contribution in [0.2, 0.25) is 0 Å². The van der Waals surface area contributed by atoms with Crippen molar-refractivity contribution < 1.29 is 0 Å². The van der Waals surface area contributed by atoms with Gasteiger partial charge in [-0.3, -0.25) is 0 Å². The van der Waals surface area contributed by atoms with E-state index in [4.69, 9.17) is 0 Å². The van der Waals surface area contributed by atoms with Gasteiger partial charge in [-0.2, -0.15) is 5.26 Å². The Morgan fingerprint density at radius 2 is 1.72 bits per heavy atom. The molecule has 0 amide bonds. The topological polar surface area (TPSA) is 39.9 Å². The van der Waals surface area contributed by atoms with Crippen molar-refractivity contribution in [3.8, 4) is 6.07 Å². The van der Waals surface area contributed by atoms with Crippen molar-refractivity contribution in [1.29, 1.82) is 5.26 Å².